The fourth-order valence-corrected chi connectivity index (χ4v) is 1.27. The molecule has 0 unspecified atom stereocenters. The molecule has 3 nitrogen and oxygen atoms in total. The van der Waals surface area contributed by atoms with Gasteiger partial charge >= 0.3 is 0 Å². The fourth-order valence-electron chi connectivity index (χ4n) is 0.947. The fraction of sp³-hybridized carbons (Fsp3) is 0.222. The molecule has 0 radical (unpaired) electrons. The molecule has 0 aromatic heterocycles. The number of hydrogen-bond donors (Lipinski definition) is 1. The van der Waals surface area contributed by atoms with E-state index in [-0.39, 0.29) is 5.91 Å². The van der Waals surface area contributed by atoms with Crippen LogP contribution >= 0.6 is 23.4 Å². The summed E-state index contributed by atoms with van der Waals surface area (Å²) >= 11 is 11.4. The molecule has 0 heterocycles. The topological polar surface area (TPSA) is 46.3 Å². The van der Waals surface area contributed by atoms with Crippen LogP contribution in [0.1, 0.15) is 10.4 Å². The lowest BCUT2D eigenvalue weighted by Crippen LogP contribution is -2.27. The minimum Gasteiger partial charge on any atom is -0.329 e. The molecule has 1 aromatic rings. The molecule has 0 fully saturated rings. The minimum atomic E-state index is -0.270. The molecule has 0 aliphatic carbocycles. The number of carbonyl (C=O) groups is 1. The van der Waals surface area contributed by atoms with Crippen molar-refractivity contribution in [3.8, 4) is 0 Å². The Hall–Kier alpha value is -0.770. The summed E-state index contributed by atoms with van der Waals surface area (Å²) in [5, 5.41) is 0.585. The molecule has 76 valence electrons. The molecule has 0 spiro atoms. The molecule has 1 amide bonds. The first-order chi connectivity index (χ1) is 6.65. The highest BCUT2D eigenvalue weighted by atomic mass is 35.5. The van der Waals surface area contributed by atoms with Crippen LogP contribution in [0.3, 0.4) is 0 Å². The molecule has 0 saturated heterocycles. The van der Waals surface area contributed by atoms with E-state index in [1.165, 1.54) is 0 Å². The highest BCUT2D eigenvalue weighted by Crippen LogP contribution is 2.12. The summed E-state index contributed by atoms with van der Waals surface area (Å²) in [4.78, 5) is 11.5. The van der Waals surface area contributed by atoms with Crippen LogP contribution in [0.4, 0.5) is 0 Å². The Bertz CT molecular complexity index is 313. The van der Waals surface area contributed by atoms with E-state index >= 15 is 0 Å². The van der Waals surface area contributed by atoms with E-state index in [1.54, 1.807) is 24.3 Å². The van der Waals surface area contributed by atoms with Crippen molar-refractivity contribution in [2.24, 2.45) is 5.73 Å². The van der Waals surface area contributed by atoms with Gasteiger partial charge in [-0.1, -0.05) is 11.6 Å². The lowest BCUT2D eigenvalue weighted by atomic mass is 10.2. The van der Waals surface area contributed by atoms with Crippen LogP contribution in [-0.4, -0.2) is 23.4 Å². The average molecular weight is 233 g/mol. The molecule has 0 aliphatic heterocycles. The maximum Gasteiger partial charge on any atom is 0.268 e. The van der Waals surface area contributed by atoms with Crippen molar-refractivity contribution in [3.05, 3.63) is 34.9 Å². The van der Waals surface area contributed by atoms with Crippen molar-refractivity contribution >= 4 is 29.3 Å². The summed E-state index contributed by atoms with van der Waals surface area (Å²) < 4.78 is 1.06. The Morgan fingerprint density at radius 1 is 1.36 bits per heavy atom. The SMILES string of the molecule is NCCN(Cl)C(=O)c1ccc(Cl)cc1. The monoisotopic (exact) mass is 232 g/mol. The number of rotatable bonds is 3. The third kappa shape index (κ3) is 2.87. The first-order valence-corrected chi connectivity index (χ1v) is 4.80. The van der Waals surface area contributed by atoms with E-state index < -0.39 is 0 Å². The number of halogens is 2. The largest absolute Gasteiger partial charge is 0.329 e. The number of carbonyl (C=O) groups excluding carboxylic acids is 1. The van der Waals surface area contributed by atoms with Crippen LogP contribution in [0.15, 0.2) is 24.3 Å². The van der Waals surface area contributed by atoms with Crippen LogP contribution in [0.2, 0.25) is 5.02 Å². The van der Waals surface area contributed by atoms with Crippen LogP contribution in [0.5, 0.6) is 0 Å². The molecule has 1 rings (SSSR count). The molecule has 0 saturated carbocycles. The normalized spacial score (nSPS) is 9.93. The maximum atomic E-state index is 11.5. The van der Waals surface area contributed by atoms with Gasteiger partial charge in [0.2, 0.25) is 0 Å². The van der Waals surface area contributed by atoms with Crippen molar-refractivity contribution in [1.29, 1.82) is 0 Å². The van der Waals surface area contributed by atoms with E-state index in [0.29, 0.717) is 23.7 Å². The Balaban J connectivity index is 2.74. The summed E-state index contributed by atoms with van der Waals surface area (Å²) in [6, 6.07) is 6.52. The summed E-state index contributed by atoms with van der Waals surface area (Å²) in [7, 11) is 0. The molecule has 14 heavy (non-hydrogen) atoms. The van der Waals surface area contributed by atoms with Gasteiger partial charge in [0.1, 0.15) is 0 Å². The predicted octanol–water partition coefficient (Wildman–Crippen LogP) is 1.89. The van der Waals surface area contributed by atoms with Gasteiger partial charge in [0.25, 0.3) is 5.91 Å². The van der Waals surface area contributed by atoms with Crippen molar-refractivity contribution < 1.29 is 4.79 Å². The van der Waals surface area contributed by atoms with Crippen molar-refractivity contribution in [2.45, 2.75) is 0 Å². The number of hydrogen-bond acceptors (Lipinski definition) is 2. The van der Waals surface area contributed by atoms with E-state index in [1.807, 2.05) is 0 Å². The number of nitrogens with zero attached hydrogens (tertiary/aromatic N) is 1. The molecule has 5 heteroatoms. The quantitative estimate of drug-likeness (QED) is 0.810. The zero-order valence-corrected chi connectivity index (χ0v) is 8.92. The number of nitrogens with two attached hydrogens (primary N) is 1. The Kier molecular flexibility index (Phi) is 4.20. The standard InChI is InChI=1S/C9H10Cl2N2O/c10-8-3-1-7(2-4-8)9(14)13(11)6-5-12/h1-4H,5-6,12H2. The van der Waals surface area contributed by atoms with Crippen LogP contribution in [-0.2, 0) is 0 Å². The minimum absolute atomic E-state index is 0.270. The van der Waals surface area contributed by atoms with Crippen molar-refractivity contribution in [2.75, 3.05) is 13.1 Å². The van der Waals surface area contributed by atoms with E-state index in [4.69, 9.17) is 29.1 Å². The molecular formula is C9H10Cl2N2O. The lowest BCUT2D eigenvalue weighted by molar-refractivity contribution is 0.0866. The van der Waals surface area contributed by atoms with Crippen LogP contribution in [0, 0.1) is 0 Å². The maximum absolute atomic E-state index is 11.5. The second-order valence-electron chi connectivity index (χ2n) is 2.69. The van der Waals surface area contributed by atoms with Gasteiger partial charge in [0.05, 0.1) is 6.54 Å². The van der Waals surface area contributed by atoms with Crippen molar-refractivity contribution in [3.63, 3.8) is 0 Å². The van der Waals surface area contributed by atoms with E-state index in [0.717, 1.165) is 4.42 Å². The van der Waals surface area contributed by atoms with Gasteiger partial charge < -0.3 is 5.73 Å². The van der Waals surface area contributed by atoms with E-state index in [2.05, 4.69) is 0 Å². The Labute approximate surface area is 92.5 Å². The smallest absolute Gasteiger partial charge is 0.268 e. The third-order valence-electron chi connectivity index (χ3n) is 1.64. The van der Waals surface area contributed by atoms with Crippen molar-refractivity contribution in [1.82, 2.24) is 4.42 Å². The molecule has 0 atom stereocenters. The van der Waals surface area contributed by atoms with Gasteiger partial charge in [-0.25, -0.2) is 4.42 Å². The summed E-state index contributed by atoms with van der Waals surface area (Å²) in [6.45, 7) is 0.659. The van der Waals surface area contributed by atoms with Gasteiger partial charge in [0.15, 0.2) is 0 Å². The molecular weight excluding hydrogens is 223 g/mol. The summed E-state index contributed by atoms with van der Waals surface area (Å²) in [5.74, 6) is -0.270. The second kappa shape index (κ2) is 5.20. The Morgan fingerprint density at radius 3 is 2.43 bits per heavy atom. The van der Waals surface area contributed by atoms with Crippen LogP contribution in [0.25, 0.3) is 0 Å². The summed E-state index contributed by atoms with van der Waals surface area (Å²) in [5.41, 5.74) is 5.77. The van der Waals surface area contributed by atoms with Gasteiger partial charge in [0, 0.05) is 28.9 Å². The van der Waals surface area contributed by atoms with Gasteiger partial charge in [-0.05, 0) is 24.3 Å². The van der Waals surface area contributed by atoms with E-state index in [9.17, 15) is 4.79 Å². The predicted molar refractivity (Wildman–Crippen MR) is 57.4 cm³/mol. The highest BCUT2D eigenvalue weighted by Gasteiger charge is 2.11. The lowest BCUT2D eigenvalue weighted by Gasteiger charge is -2.12. The highest BCUT2D eigenvalue weighted by molar-refractivity contribution is 6.30. The number of amides is 1. The molecule has 0 bridgehead atoms. The molecule has 1 aromatic carbocycles. The zero-order valence-electron chi connectivity index (χ0n) is 7.41. The van der Waals surface area contributed by atoms with Gasteiger partial charge in [-0.3, -0.25) is 4.79 Å². The van der Waals surface area contributed by atoms with Gasteiger partial charge in [-0.2, -0.15) is 0 Å². The third-order valence-corrected chi connectivity index (χ3v) is 2.21. The molecule has 2 N–H and O–H groups in total. The number of benzene rings is 1. The summed E-state index contributed by atoms with van der Waals surface area (Å²) in [6.07, 6.45) is 0. The average Bonchev–Trinajstić information content (AvgIpc) is 2.18. The Morgan fingerprint density at radius 2 is 1.93 bits per heavy atom. The second-order valence-corrected chi connectivity index (χ2v) is 3.53. The molecule has 0 aliphatic rings. The first kappa shape index (κ1) is 11.3. The van der Waals surface area contributed by atoms with Crippen LogP contribution < -0.4 is 5.73 Å². The first-order valence-electron chi connectivity index (χ1n) is 4.08. The zero-order chi connectivity index (χ0) is 10.6. The van der Waals surface area contributed by atoms with Gasteiger partial charge in [-0.15, -0.1) is 0 Å².